The highest BCUT2D eigenvalue weighted by Crippen LogP contribution is 2.30. The number of aromatic nitrogens is 1. The number of hydrogen-bond donors (Lipinski definition) is 2. The van der Waals surface area contributed by atoms with E-state index >= 15 is 0 Å². The molecule has 1 aliphatic rings. The maximum atomic E-state index is 12.0. The highest BCUT2D eigenvalue weighted by atomic mass is 32.1. The Balaban J connectivity index is 1.97. The van der Waals surface area contributed by atoms with Crippen molar-refractivity contribution in [2.45, 2.75) is 33.1 Å². The van der Waals surface area contributed by atoms with E-state index in [-0.39, 0.29) is 5.91 Å². The Bertz CT molecular complexity index is 438. The van der Waals surface area contributed by atoms with Crippen LogP contribution in [0.15, 0.2) is 0 Å². The summed E-state index contributed by atoms with van der Waals surface area (Å²) in [6.07, 6.45) is 3.36. The van der Waals surface area contributed by atoms with E-state index in [0.717, 1.165) is 24.6 Å². The van der Waals surface area contributed by atoms with Crippen LogP contribution in [-0.2, 0) is 0 Å². The molecule has 2 rings (SSSR count). The van der Waals surface area contributed by atoms with E-state index in [2.05, 4.69) is 29.0 Å². The molecule has 0 saturated carbocycles. The van der Waals surface area contributed by atoms with Gasteiger partial charge in [0.05, 0.1) is 0 Å². The summed E-state index contributed by atoms with van der Waals surface area (Å²) < 4.78 is 0. The van der Waals surface area contributed by atoms with Crippen molar-refractivity contribution < 1.29 is 4.79 Å². The van der Waals surface area contributed by atoms with Crippen molar-refractivity contribution >= 4 is 28.2 Å². The van der Waals surface area contributed by atoms with Gasteiger partial charge in [0, 0.05) is 19.6 Å². The second-order valence-corrected chi connectivity index (χ2v) is 6.32. The number of carbonyl (C=O) groups is 1. The number of nitrogens with zero attached hydrogens (tertiary/aromatic N) is 2. The van der Waals surface area contributed by atoms with Gasteiger partial charge in [-0.1, -0.05) is 25.2 Å². The van der Waals surface area contributed by atoms with Crippen LogP contribution in [0.1, 0.15) is 42.8 Å². The van der Waals surface area contributed by atoms with Crippen molar-refractivity contribution in [1.82, 2.24) is 10.3 Å². The zero-order chi connectivity index (χ0) is 13.8. The summed E-state index contributed by atoms with van der Waals surface area (Å²) in [6.45, 7) is 6.99. The minimum absolute atomic E-state index is 0.0962. The summed E-state index contributed by atoms with van der Waals surface area (Å²) in [5.41, 5.74) is 5.85. The van der Waals surface area contributed by atoms with Crippen molar-refractivity contribution in [1.29, 1.82) is 0 Å². The second-order valence-electron chi connectivity index (χ2n) is 5.34. The SMILES string of the molecule is CC(C)CCNC(=O)c1sc(N2CCCC2)nc1N. The Hall–Kier alpha value is -1.30. The van der Waals surface area contributed by atoms with E-state index in [1.807, 2.05) is 0 Å². The first kappa shape index (κ1) is 14.1. The monoisotopic (exact) mass is 282 g/mol. The number of thiazole rings is 1. The van der Waals surface area contributed by atoms with Crippen molar-refractivity contribution in [2.24, 2.45) is 5.92 Å². The van der Waals surface area contributed by atoms with Crippen LogP contribution in [0.3, 0.4) is 0 Å². The summed E-state index contributed by atoms with van der Waals surface area (Å²) in [6, 6.07) is 0. The van der Waals surface area contributed by atoms with Gasteiger partial charge in [0.1, 0.15) is 10.7 Å². The van der Waals surface area contributed by atoms with Gasteiger partial charge >= 0.3 is 0 Å². The van der Waals surface area contributed by atoms with Gasteiger partial charge in [-0.3, -0.25) is 4.79 Å². The van der Waals surface area contributed by atoms with E-state index in [1.54, 1.807) is 0 Å². The molecule has 5 nitrogen and oxygen atoms in total. The summed E-state index contributed by atoms with van der Waals surface area (Å²) >= 11 is 1.40. The van der Waals surface area contributed by atoms with E-state index < -0.39 is 0 Å². The van der Waals surface area contributed by atoms with Gasteiger partial charge in [0.15, 0.2) is 5.13 Å². The van der Waals surface area contributed by atoms with E-state index in [9.17, 15) is 4.79 Å². The third-order valence-corrected chi connectivity index (χ3v) is 4.36. The molecule has 2 heterocycles. The standard InChI is InChI=1S/C13H22N4OS/c1-9(2)5-6-15-12(18)10-11(14)16-13(19-10)17-7-3-4-8-17/h9H,3-8,14H2,1-2H3,(H,15,18). The molecule has 6 heteroatoms. The quantitative estimate of drug-likeness (QED) is 0.867. The Morgan fingerprint density at radius 3 is 2.79 bits per heavy atom. The maximum Gasteiger partial charge on any atom is 0.265 e. The topological polar surface area (TPSA) is 71.2 Å². The third-order valence-electron chi connectivity index (χ3n) is 3.23. The molecule has 3 N–H and O–H groups in total. The van der Waals surface area contributed by atoms with Gasteiger partial charge in [0.2, 0.25) is 0 Å². The molecule has 106 valence electrons. The smallest absolute Gasteiger partial charge is 0.265 e. The molecule has 1 aromatic rings. The number of carbonyl (C=O) groups excluding carboxylic acids is 1. The first-order chi connectivity index (χ1) is 9.08. The van der Waals surface area contributed by atoms with Gasteiger partial charge in [-0.05, 0) is 25.2 Å². The molecule has 0 atom stereocenters. The Labute approximate surface area is 118 Å². The largest absolute Gasteiger partial charge is 0.382 e. The van der Waals surface area contributed by atoms with Crippen molar-refractivity contribution in [3.05, 3.63) is 4.88 Å². The minimum Gasteiger partial charge on any atom is -0.382 e. The van der Waals surface area contributed by atoms with E-state index in [0.29, 0.717) is 23.2 Å². The maximum absolute atomic E-state index is 12.0. The predicted molar refractivity (Wildman–Crippen MR) is 79.8 cm³/mol. The average molecular weight is 282 g/mol. The summed E-state index contributed by atoms with van der Waals surface area (Å²) in [7, 11) is 0. The lowest BCUT2D eigenvalue weighted by atomic mass is 10.1. The third kappa shape index (κ3) is 3.59. The fourth-order valence-electron chi connectivity index (χ4n) is 2.08. The number of nitrogens with two attached hydrogens (primary N) is 1. The Morgan fingerprint density at radius 1 is 1.47 bits per heavy atom. The molecule has 1 aromatic heterocycles. The summed E-state index contributed by atoms with van der Waals surface area (Å²) in [5.74, 6) is 0.842. The number of nitrogen functional groups attached to an aromatic ring is 1. The van der Waals surface area contributed by atoms with Crippen LogP contribution in [0.5, 0.6) is 0 Å². The van der Waals surface area contributed by atoms with E-state index in [4.69, 9.17) is 5.73 Å². The number of amides is 1. The van der Waals surface area contributed by atoms with Crippen molar-refractivity contribution in [3.63, 3.8) is 0 Å². The van der Waals surface area contributed by atoms with Gasteiger partial charge in [-0.2, -0.15) is 0 Å². The molecule has 0 radical (unpaired) electrons. The molecule has 1 aliphatic heterocycles. The second kappa shape index (κ2) is 6.23. The van der Waals surface area contributed by atoms with Crippen LogP contribution in [0.4, 0.5) is 10.9 Å². The van der Waals surface area contributed by atoms with Gasteiger partial charge in [-0.15, -0.1) is 0 Å². The zero-order valence-electron chi connectivity index (χ0n) is 11.6. The van der Waals surface area contributed by atoms with Crippen molar-refractivity contribution in [3.8, 4) is 0 Å². The zero-order valence-corrected chi connectivity index (χ0v) is 12.4. The fraction of sp³-hybridized carbons (Fsp3) is 0.692. The highest BCUT2D eigenvalue weighted by molar-refractivity contribution is 7.18. The van der Waals surface area contributed by atoms with Crippen LogP contribution in [-0.4, -0.2) is 30.5 Å². The number of nitrogens with one attached hydrogen (secondary N) is 1. The number of hydrogen-bond acceptors (Lipinski definition) is 5. The van der Waals surface area contributed by atoms with Crippen molar-refractivity contribution in [2.75, 3.05) is 30.3 Å². The lowest BCUT2D eigenvalue weighted by Crippen LogP contribution is -2.25. The van der Waals surface area contributed by atoms with Crippen LogP contribution in [0.2, 0.25) is 0 Å². The molecule has 1 fully saturated rings. The van der Waals surface area contributed by atoms with Gasteiger partial charge < -0.3 is 16.0 Å². The van der Waals surface area contributed by atoms with E-state index in [1.165, 1.54) is 24.2 Å². The van der Waals surface area contributed by atoms with Crippen LogP contribution in [0, 0.1) is 5.92 Å². The normalized spacial score (nSPS) is 15.2. The molecule has 0 aromatic carbocycles. The molecule has 1 saturated heterocycles. The minimum atomic E-state index is -0.0962. The first-order valence-electron chi connectivity index (χ1n) is 6.87. The van der Waals surface area contributed by atoms with Gasteiger partial charge in [-0.25, -0.2) is 4.98 Å². The first-order valence-corrected chi connectivity index (χ1v) is 7.69. The molecular formula is C13H22N4OS. The number of anilines is 2. The fourth-order valence-corrected chi connectivity index (χ4v) is 3.03. The van der Waals surface area contributed by atoms with Crippen LogP contribution >= 0.6 is 11.3 Å². The van der Waals surface area contributed by atoms with Crippen LogP contribution in [0.25, 0.3) is 0 Å². The molecule has 0 spiro atoms. The highest BCUT2D eigenvalue weighted by Gasteiger charge is 2.21. The summed E-state index contributed by atoms with van der Waals surface area (Å²) in [4.78, 5) is 19.1. The van der Waals surface area contributed by atoms with Gasteiger partial charge in [0.25, 0.3) is 5.91 Å². The number of rotatable bonds is 5. The van der Waals surface area contributed by atoms with Crippen LogP contribution < -0.4 is 16.0 Å². The summed E-state index contributed by atoms with van der Waals surface area (Å²) in [5, 5.41) is 3.79. The Morgan fingerprint density at radius 2 is 2.16 bits per heavy atom. The molecular weight excluding hydrogens is 260 g/mol. The molecule has 0 bridgehead atoms. The molecule has 1 amide bonds. The average Bonchev–Trinajstić information content (AvgIpc) is 2.96. The Kier molecular flexibility index (Phi) is 4.63. The molecule has 19 heavy (non-hydrogen) atoms. The lowest BCUT2D eigenvalue weighted by molar-refractivity contribution is 0.0956. The molecule has 0 unspecified atom stereocenters. The predicted octanol–water partition coefficient (Wildman–Crippen LogP) is 2.10. The molecule has 0 aliphatic carbocycles. The lowest BCUT2D eigenvalue weighted by Gasteiger charge is -2.11.